The van der Waals surface area contributed by atoms with Crippen LogP contribution in [0.3, 0.4) is 0 Å². The number of nitrogens with one attached hydrogen (secondary N) is 1. The van der Waals surface area contributed by atoms with Crippen molar-refractivity contribution in [2.75, 3.05) is 13.7 Å². The first-order chi connectivity index (χ1) is 11.7. The van der Waals surface area contributed by atoms with Crippen LogP contribution < -0.4 is 9.46 Å². The van der Waals surface area contributed by atoms with Gasteiger partial charge in [0.15, 0.2) is 0 Å². The van der Waals surface area contributed by atoms with E-state index in [9.17, 15) is 9.35 Å². The van der Waals surface area contributed by atoms with Gasteiger partial charge in [0.25, 0.3) is 0 Å². The van der Waals surface area contributed by atoms with Crippen molar-refractivity contribution in [3.63, 3.8) is 0 Å². The molecule has 0 saturated carbocycles. The van der Waals surface area contributed by atoms with E-state index in [0.29, 0.717) is 25.0 Å². The fraction of sp³-hybridized carbons (Fsp3) is 0.526. The van der Waals surface area contributed by atoms with Crippen molar-refractivity contribution in [3.8, 4) is 5.75 Å². The zero-order chi connectivity index (χ0) is 19.0. The Kier molecular flexibility index (Phi) is 8.48. The van der Waals surface area contributed by atoms with Crippen molar-refractivity contribution in [3.05, 3.63) is 42.0 Å². The van der Waals surface area contributed by atoms with Crippen LogP contribution in [0.15, 0.2) is 36.4 Å². The number of hydrogen-bond acceptors (Lipinski definition) is 5. The largest absolute Gasteiger partial charge is 0.598 e. The molecule has 1 N–H and O–H groups in total. The summed E-state index contributed by atoms with van der Waals surface area (Å²) in [6.45, 7) is 11.6. The molecule has 25 heavy (non-hydrogen) atoms. The van der Waals surface area contributed by atoms with Crippen LogP contribution in [-0.4, -0.2) is 35.0 Å². The van der Waals surface area contributed by atoms with Crippen LogP contribution in [0, 0.1) is 0 Å². The molecule has 1 aromatic rings. The average molecular weight is 368 g/mol. The Bertz CT molecular complexity index is 566. The van der Waals surface area contributed by atoms with Crippen LogP contribution in [0.25, 0.3) is 0 Å². The molecule has 0 aliphatic rings. The molecule has 2 atom stereocenters. The number of methoxy groups -OCH3 is 1. The van der Waals surface area contributed by atoms with Gasteiger partial charge in [0.05, 0.1) is 19.8 Å². The minimum atomic E-state index is -1.25. The van der Waals surface area contributed by atoms with Crippen molar-refractivity contribution in [2.45, 2.75) is 51.3 Å². The van der Waals surface area contributed by atoms with Crippen LogP contribution >= 0.6 is 0 Å². The van der Waals surface area contributed by atoms with Gasteiger partial charge in [-0.25, -0.2) is 4.79 Å². The van der Waals surface area contributed by atoms with Crippen molar-refractivity contribution in [2.24, 2.45) is 0 Å². The molecule has 0 aromatic heterocycles. The second-order valence-electron chi connectivity index (χ2n) is 6.78. The summed E-state index contributed by atoms with van der Waals surface area (Å²) in [6.07, 6.45) is 0.983. The molecule has 0 amide bonds. The molecule has 0 aliphatic heterocycles. The van der Waals surface area contributed by atoms with Gasteiger partial charge in [0, 0.05) is 16.9 Å². The first kappa shape index (κ1) is 21.5. The fourth-order valence-electron chi connectivity index (χ4n) is 2.14. The van der Waals surface area contributed by atoms with Gasteiger partial charge in [-0.3, -0.25) is 0 Å². The van der Waals surface area contributed by atoms with Gasteiger partial charge >= 0.3 is 5.97 Å². The Labute approximate surface area is 154 Å². The number of hydrogen-bond donors (Lipinski definition) is 1. The zero-order valence-corrected chi connectivity index (χ0v) is 16.6. The number of benzene rings is 1. The summed E-state index contributed by atoms with van der Waals surface area (Å²) < 4.78 is 25.4. The molecule has 0 radical (unpaired) electrons. The number of carbonyl (C=O) groups is 1. The van der Waals surface area contributed by atoms with E-state index in [4.69, 9.17) is 9.47 Å². The van der Waals surface area contributed by atoms with Gasteiger partial charge in [0.2, 0.25) is 0 Å². The third kappa shape index (κ3) is 7.50. The molecule has 0 saturated heterocycles. The summed E-state index contributed by atoms with van der Waals surface area (Å²) in [5.74, 6) is 0.369. The predicted molar refractivity (Wildman–Crippen MR) is 102 cm³/mol. The summed E-state index contributed by atoms with van der Waals surface area (Å²) in [4.78, 5) is 11.9. The lowest BCUT2D eigenvalue weighted by atomic mass is 10.0. The van der Waals surface area contributed by atoms with Crippen molar-refractivity contribution >= 4 is 17.3 Å². The van der Waals surface area contributed by atoms with Gasteiger partial charge < -0.3 is 14.0 Å². The highest BCUT2D eigenvalue weighted by Crippen LogP contribution is 2.19. The van der Waals surface area contributed by atoms with Crippen molar-refractivity contribution in [1.29, 1.82) is 0 Å². The summed E-state index contributed by atoms with van der Waals surface area (Å²) in [5, 5.41) is 0. The monoisotopic (exact) mass is 367 g/mol. The molecule has 1 rings (SSSR count). The topological polar surface area (TPSA) is 70.6 Å². The standard InChI is InChI=1S/C19H29NO4S/c1-7-24-18(21)14(2)12-16(20-25(22)19(3,4)5)13-15-8-10-17(23-6)11-9-15/h8-11,16,20H,2,7,12-13H2,1,3-6H3/t16-,25-/m0/s1. The normalized spacial score (nSPS) is 13.8. The molecule has 0 unspecified atom stereocenters. The SMILES string of the molecule is C=C(C[C@@H](Cc1ccc(OC)cc1)N[S@@+]([O-])C(C)(C)C)C(=O)OCC. The predicted octanol–water partition coefficient (Wildman–Crippen LogP) is 3.17. The maximum atomic E-state index is 12.5. The van der Waals surface area contributed by atoms with Crippen molar-refractivity contribution in [1.82, 2.24) is 4.72 Å². The molecule has 5 nitrogen and oxygen atoms in total. The van der Waals surface area contributed by atoms with Gasteiger partial charge in [-0.1, -0.05) is 18.7 Å². The lowest BCUT2D eigenvalue weighted by Crippen LogP contribution is -2.45. The maximum absolute atomic E-state index is 12.5. The molecule has 0 spiro atoms. The third-order valence-corrected chi connectivity index (χ3v) is 5.19. The van der Waals surface area contributed by atoms with Crippen LogP contribution in [0.1, 0.15) is 39.7 Å². The number of carbonyl (C=O) groups excluding carboxylic acids is 1. The van der Waals surface area contributed by atoms with E-state index >= 15 is 0 Å². The first-order valence-electron chi connectivity index (χ1n) is 8.33. The minimum Gasteiger partial charge on any atom is -0.598 e. The molecule has 0 heterocycles. The highest BCUT2D eigenvalue weighted by atomic mass is 32.2. The van der Waals surface area contributed by atoms with E-state index in [2.05, 4.69) is 11.3 Å². The van der Waals surface area contributed by atoms with E-state index in [-0.39, 0.29) is 6.04 Å². The highest BCUT2D eigenvalue weighted by molar-refractivity contribution is 7.90. The third-order valence-electron chi connectivity index (χ3n) is 3.53. The number of esters is 1. The summed E-state index contributed by atoms with van der Waals surface area (Å²) >= 11 is -1.25. The Morgan fingerprint density at radius 3 is 2.40 bits per heavy atom. The molecule has 1 aromatic carbocycles. The van der Waals surface area contributed by atoms with Gasteiger partial charge in [-0.2, -0.15) is 0 Å². The quantitative estimate of drug-likeness (QED) is 0.412. The Hall–Kier alpha value is -1.50. The summed E-state index contributed by atoms with van der Waals surface area (Å²) in [5.41, 5.74) is 1.43. The molecule has 0 aliphatic carbocycles. The number of rotatable bonds is 9. The second-order valence-corrected chi connectivity index (χ2v) is 8.77. The van der Waals surface area contributed by atoms with Gasteiger partial charge in [0.1, 0.15) is 10.5 Å². The summed E-state index contributed by atoms with van der Waals surface area (Å²) in [7, 11) is 1.62. The molecular weight excluding hydrogens is 338 g/mol. The Balaban J connectivity index is 2.85. The number of ether oxygens (including phenoxy) is 2. The zero-order valence-electron chi connectivity index (χ0n) is 15.8. The molecular formula is C19H29NO4S. The molecule has 0 bridgehead atoms. The molecule has 6 heteroatoms. The fourth-order valence-corrected chi connectivity index (χ4v) is 2.97. The highest BCUT2D eigenvalue weighted by Gasteiger charge is 2.30. The first-order valence-corrected chi connectivity index (χ1v) is 9.48. The van der Waals surface area contributed by atoms with E-state index in [0.717, 1.165) is 11.3 Å². The van der Waals surface area contributed by atoms with Crippen molar-refractivity contribution < 1.29 is 18.8 Å². The summed E-state index contributed by atoms with van der Waals surface area (Å²) in [6, 6.07) is 7.49. The Morgan fingerprint density at radius 1 is 1.32 bits per heavy atom. The van der Waals surface area contributed by atoms with E-state index in [1.807, 2.05) is 45.0 Å². The maximum Gasteiger partial charge on any atom is 0.333 e. The second kappa shape index (κ2) is 9.85. The minimum absolute atomic E-state index is 0.189. The smallest absolute Gasteiger partial charge is 0.333 e. The van der Waals surface area contributed by atoms with Gasteiger partial charge in [-0.05, 0) is 58.2 Å². The molecule has 0 fully saturated rings. The van der Waals surface area contributed by atoms with Gasteiger partial charge in [-0.15, -0.1) is 4.72 Å². The lowest BCUT2D eigenvalue weighted by molar-refractivity contribution is -0.138. The van der Waals surface area contributed by atoms with Crippen LogP contribution in [0.5, 0.6) is 5.75 Å². The molecule has 140 valence electrons. The average Bonchev–Trinajstić information content (AvgIpc) is 2.54. The van der Waals surface area contributed by atoms with E-state index in [1.165, 1.54) is 0 Å². The van der Waals surface area contributed by atoms with Crippen LogP contribution in [0.2, 0.25) is 0 Å². The lowest BCUT2D eigenvalue weighted by Gasteiger charge is -2.28. The van der Waals surface area contributed by atoms with Crippen LogP contribution in [0.4, 0.5) is 0 Å². The van der Waals surface area contributed by atoms with Crippen LogP contribution in [-0.2, 0) is 27.3 Å². The van der Waals surface area contributed by atoms with E-state index in [1.54, 1.807) is 14.0 Å². The van der Waals surface area contributed by atoms with E-state index < -0.39 is 22.1 Å². The Morgan fingerprint density at radius 2 is 1.92 bits per heavy atom.